The molecule has 0 spiro atoms. The lowest BCUT2D eigenvalue weighted by Crippen LogP contribution is -2.38. The Morgan fingerprint density at radius 1 is 0.465 bits per heavy atom. The van der Waals surface area contributed by atoms with E-state index >= 15 is 0 Å². The van der Waals surface area contributed by atoms with Crippen LogP contribution in [0, 0.1) is 5.92 Å². The fraction of sp³-hybridized carbons (Fsp3) is 0.737. The van der Waals surface area contributed by atoms with Gasteiger partial charge in [0.1, 0.15) is 27.1 Å². The Hall–Kier alpha value is -5.57. The topological polar surface area (TPSA) is 261 Å². The number of aromatic nitrogens is 9. The molecule has 5 aromatic rings. The number of hydrogen-bond acceptors (Lipinski definition) is 29. The number of nitrogens with one attached hydrogen (secondary N) is 2. The van der Waals surface area contributed by atoms with Gasteiger partial charge in [0.15, 0.2) is 23.3 Å². The molecule has 2 N–H and O–H groups in total. The third kappa shape index (κ3) is 19.7. The van der Waals surface area contributed by atoms with Crippen LogP contribution in [0.15, 0.2) is 11.6 Å². The van der Waals surface area contributed by atoms with Crippen molar-refractivity contribution in [2.24, 2.45) is 5.92 Å². The summed E-state index contributed by atoms with van der Waals surface area (Å²) in [4.78, 5) is 58.2. The lowest BCUT2D eigenvalue weighted by molar-refractivity contribution is 0.0817. The van der Waals surface area contributed by atoms with Gasteiger partial charge < -0.3 is 92.1 Å². The molecule has 0 aliphatic carbocycles. The van der Waals surface area contributed by atoms with Gasteiger partial charge in [-0.3, -0.25) is 0 Å². The van der Waals surface area contributed by atoms with Crippen LogP contribution in [0.5, 0.6) is 0 Å². The minimum Gasteiger partial charge on any atom is -0.383 e. The summed E-state index contributed by atoms with van der Waals surface area (Å²) < 4.78 is 60.3. The van der Waals surface area contributed by atoms with Gasteiger partial charge in [0.05, 0.1) is 78.2 Å². The van der Waals surface area contributed by atoms with Gasteiger partial charge in [0.2, 0.25) is 23.8 Å². The summed E-state index contributed by atoms with van der Waals surface area (Å²) in [6.45, 7) is 15.1. The first kappa shape index (κ1) is 67.9. The standard InChI is InChI=1S/C29H50N8O6.C28H45N9O5S/c1-38-16-11-36(12-17-39-2)28-32-25-24(26(33-28)30-20-22-8-15-43-21-22)31-29(37(13-18-40-3)14-19-41-4)34-27(25)35-9-6-23(42-5)7-10-35;1-38-15-11-36(12-16-39-2)27-32-24-23(25(33-27)30-20-22-29-8-19-43-22)31-28(37(13-17-40-3)14-18-41-4)34-26(24)35-9-6-21(42-5)7-10-35/h22-23H,6-21H2,1-5H3,(H,30,32,33);8,19,21H,6-7,9-18,20H2,1-5H3,(H,30,32,33). The average molecular weight is 1230 g/mol. The Balaban J connectivity index is 0.000000246. The van der Waals surface area contributed by atoms with Crippen molar-refractivity contribution < 1.29 is 52.1 Å². The van der Waals surface area contributed by atoms with E-state index in [0.717, 1.165) is 94.7 Å². The van der Waals surface area contributed by atoms with E-state index in [4.69, 9.17) is 92.0 Å². The molecule has 3 aliphatic rings. The third-order valence-electron chi connectivity index (χ3n) is 15.3. The molecule has 86 heavy (non-hydrogen) atoms. The zero-order chi connectivity index (χ0) is 60.9. The minimum atomic E-state index is 0.225. The smallest absolute Gasteiger partial charge is 0.228 e. The van der Waals surface area contributed by atoms with Gasteiger partial charge in [-0.1, -0.05) is 0 Å². The molecular formula is C57H95N17O11S. The summed E-state index contributed by atoms with van der Waals surface area (Å²) in [6.07, 6.45) is 6.89. The van der Waals surface area contributed by atoms with E-state index in [2.05, 4.69) is 45.0 Å². The molecule has 1 atom stereocenters. The molecule has 3 saturated heterocycles. The van der Waals surface area contributed by atoms with Gasteiger partial charge >= 0.3 is 0 Å². The predicted molar refractivity (Wildman–Crippen MR) is 335 cm³/mol. The van der Waals surface area contributed by atoms with Crippen LogP contribution in [0.25, 0.3) is 22.1 Å². The quantitative estimate of drug-likeness (QED) is 0.0566. The van der Waals surface area contributed by atoms with Gasteiger partial charge in [-0.15, -0.1) is 11.3 Å². The Kier molecular flexibility index (Phi) is 29.5. The lowest BCUT2D eigenvalue weighted by atomic mass is 10.1. The highest BCUT2D eigenvalue weighted by Crippen LogP contribution is 2.35. The van der Waals surface area contributed by atoms with Crippen molar-refractivity contribution in [3.63, 3.8) is 0 Å². The molecule has 0 aromatic carbocycles. The Bertz CT molecular complexity index is 2660. The van der Waals surface area contributed by atoms with Crippen LogP contribution >= 0.6 is 11.3 Å². The van der Waals surface area contributed by atoms with Crippen molar-refractivity contribution in [2.75, 3.05) is 262 Å². The fourth-order valence-corrected chi connectivity index (χ4v) is 10.7. The highest BCUT2D eigenvalue weighted by molar-refractivity contribution is 7.09. The van der Waals surface area contributed by atoms with Crippen molar-refractivity contribution in [3.05, 3.63) is 16.6 Å². The van der Waals surface area contributed by atoms with E-state index in [-0.39, 0.29) is 12.2 Å². The maximum atomic E-state index is 5.67. The van der Waals surface area contributed by atoms with E-state index < -0.39 is 0 Å². The number of rotatable bonds is 38. The maximum absolute atomic E-state index is 5.67. The molecule has 1 unspecified atom stereocenters. The second-order valence-corrected chi connectivity index (χ2v) is 21.9. The van der Waals surface area contributed by atoms with E-state index in [1.807, 2.05) is 5.38 Å². The second-order valence-electron chi connectivity index (χ2n) is 21.0. The van der Waals surface area contributed by atoms with Gasteiger partial charge in [-0.05, 0) is 32.1 Å². The molecule has 5 aromatic heterocycles. The molecule has 0 bridgehead atoms. The molecule has 0 radical (unpaired) electrons. The van der Waals surface area contributed by atoms with Crippen LogP contribution in [-0.4, -0.2) is 279 Å². The van der Waals surface area contributed by atoms with E-state index in [1.54, 1.807) is 88.6 Å². The van der Waals surface area contributed by atoms with Crippen LogP contribution in [-0.2, 0) is 58.7 Å². The predicted octanol–water partition coefficient (Wildman–Crippen LogP) is 3.98. The first-order valence-corrected chi connectivity index (χ1v) is 30.7. The molecule has 29 heteroatoms. The van der Waals surface area contributed by atoms with E-state index in [9.17, 15) is 0 Å². The summed E-state index contributed by atoms with van der Waals surface area (Å²) >= 11 is 1.59. The second kappa shape index (κ2) is 37.3. The average Bonchev–Trinajstić information content (AvgIpc) is 2.45. The van der Waals surface area contributed by atoms with Crippen molar-refractivity contribution in [2.45, 2.75) is 50.9 Å². The highest BCUT2D eigenvalue weighted by Gasteiger charge is 2.30. The molecule has 0 amide bonds. The van der Waals surface area contributed by atoms with Gasteiger partial charge in [0.25, 0.3) is 0 Å². The van der Waals surface area contributed by atoms with Gasteiger partial charge in [0, 0.05) is 180 Å². The largest absolute Gasteiger partial charge is 0.383 e. The number of hydrogen-bond donors (Lipinski definition) is 2. The first-order chi connectivity index (χ1) is 42.2. The number of nitrogens with zero attached hydrogens (tertiary/aromatic N) is 15. The van der Waals surface area contributed by atoms with Crippen molar-refractivity contribution in [1.82, 2.24) is 44.9 Å². The first-order valence-electron chi connectivity index (χ1n) is 29.8. The lowest BCUT2D eigenvalue weighted by Gasteiger charge is -2.33. The third-order valence-corrected chi connectivity index (χ3v) is 16.1. The summed E-state index contributed by atoms with van der Waals surface area (Å²) in [6, 6.07) is 0. The molecular weight excluding hydrogens is 1130 g/mol. The van der Waals surface area contributed by atoms with Crippen LogP contribution in [0.1, 0.15) is 37.1 Å². The van der Waals surface area contributed by atoms with E-state index in [1.165, 1.54) is 0 Å². The molecule has 0 saturated carbocycles. The van der Waals surface area contributed by atoms with Crippen LogP contribution in [0.3, 0.4) is 0 Å². The molecule has 3 aliphatic heterocycles. The molecule has 8 rings (SSSR count). The number of methoxy groups -OCH3 is 10. The molecule has 3 fully saturated rings. The summed E-state index contributed by atoms with van der Waals surface area (Å²) in [7, 11) is 17.1. The fourth-order valence-electron chi connectivity index (χ4n) is 10.2. The highest BCUT2D eigenvalue weighted by atomic mass is 32.1. The Labute approximate surface area is 511 Å². The van der Waals surface area contributed by atoms with Crippen molar-refractivity contribution in [3.8, 4) is 0 Å². The van der Waals surface area contributed by atoms with Crippen LogP contribution in [0.4, 0.5) is 47.1 Å². The number of fused-ring (bicyclic) bond motifs is 2. The zero-order valence-electron chi connectivity index (χ0n) is 52.5. The summed E-state index contributed by atoms with van der Waals surface area (Å²) in [5.74, 6) is 5.60. The Morgan fingerprint density at radius 3 is 1.15 bits per heavy atom. The van der Waals surface area contributed by atoms with Crippen molar-refractivity contribution in [1.29, 1.82) is 0 Å². The van der Waals surface area contributed by atoms with Gasteiger partial charge in [-0.2, -0.15) is 19.9 Å². The van der Waals surface area contributed by atoms with Crippen molar-refractivity contribution >= 4 is 80.5 Å². The number of piperidine rings is 2. The molecule has 28 nitrogen and oxygen atoms in total. The molecule has 8 heterocycles. The summed E-state index contributed by atoms with van der Waals surface area (Å²) in [5.41, 5.74) is 2.74. The minimum absolute atomic E-state index is 0.225. The SMILES string of the molecule is COCCN(CCOC)c1nc(N2CCC(OC)CC2)c2nc(N(CCOC)CCOC)nc(NCC3CCOC3)c2n1.COCCN(CCOC)c1nc(N2CCC(OC)CC2)c2nc(N(CCOC)CCOC)nc(NCc3nccs3)c2n1. The van der Waals surface area contributed by atoms with Crippen LogP contribution in [0.2, 0.25) is 0 Å². The summed E-state index contributed by atoms with van der Waals surface area (Å²) in [5, 5.41) is 10.0. The van der Waals surface area contributed by atoms with E-state index in [0.29, 0.717) is 175 Å². The Morgan fingerprint density at radius 2 is 0.826 bits per heavy atom. The monoisotopic (exact) mass is 1230 g/mol. The zero-order valence-corrected chi connectivity index (χ0v) is 53.3. The van der Waals surface area contributed by atoms with Gasteiger partial charge in [-0.25, -0.2) is 24.9 Å². The normalized spacial score (nSPS) is 15.8. The van der Waals surface area contributed by atoms with Crippen LogP contribution < -0.4 is 40.0 Å². The maximum Gasteiger partial charge on any atom is 0.228 e. The number of anilines is 8. The number of thiazole rings is 1. The molecule has 480 valence electrons. The number of ether oxygens (including phenoxy) is 11.